The molecule has 1 aromatic carbocycles. The lowest BCUT2D eigenvalue weighted by molar-refractivity contribution is -0.148. The normalized spacial score (nSPS) is 20.0. The van der Waals surface area contributed by atoms with Gasteiger partial charge in [0.25, 0.3) is 0 Å². The van der Waals surface area contributed by atoms with Crippen molar-refractivity contribution in [2.45, 2.75) is 76.7 Å². The van der Waals surface area contributed by atoms with E-state index in [4.69, 9.17) is 0 Å². The minimum atomic E-state index is -4.58. The van der Waals surface area contributed by atoms with Crippen molar-refractivity contribution < 1.29 is 22.8 Å². The maximum absolute atomic E-state index is 13.4. The highest BCUT2D eigenvalue weighted by Gasteiger charge is 2.43. The van der Waals surface area contributed by atoms with Crippen LogP contribution in [0, 0.1) is 5.41 Å². The van der Waals surface area contributed by atoms with Crippen LogP contribution in [0.3, 0.4) is 0 Å². The van der Waals surface area contributed by atoms with Crippen LogP contribution in [0.25, 0.3) is 11.0 Å². The summed E-state index contributed by atoms with van der Waals surface area (Å²) in [7, 11) is 0. The lowest BCUT2D eigenvalue weighted by Gasteiger charge is -2.37. The Morgan fingerprint density at radius 3 is 2.31 bits per heavy atom. The SMILES string of the molecule is O=C(CC1(CC(=O)N2CCn3c(nnc3C(F)(F)F)C2)CCCC1)N1CCC(n2nnc3ccccc32)CC1. The Bertz CT molecular complexity index is 1370. The number of hydrogen-bond acceptors (Lipinski definition) is 6. The number of likely N-dealkylation sites (tertiary alicyclic amines) is 1. The fourth-order valence-electron chi connectivity index (χ4n) is 6.50. The van der Waals surface area contributed by atoms with Gasteiger partial charge in [-0.1, -0.05) is 30.2 Å². The Morgan fingerprint density at radius 1 is 0.897 bits per heavy atom. The van der Waals surface area contributed by atoms with Crippen molar-refractivity contribution in [3.8, 4) is 0 Å². The van der Waals surface area contributed by atoms with E-state index in [1.807, 2.05) is 33.8 Å². The van der Waals surface area contributed by atoms with Gasteiger partial charge in [0.1, 0.15) is 5.52 Å². The van der Waals surface area contributed by atoms with Crippen LogP contribution in [0.15, 0.2) is 24.3 Å². The first-order valence-corrected chi connectivity index (χ1v) is 13.6. The molecule has 10 nitrogen and oxygen atoms in total. The van der Waals surface area contributed by atoms with Crippen LogP contribution in [0.4, 0.5) is 13.2 Å². The van der Waals surface area contributed by atoms with Crippen LogP contribution in [-0.2, 0) is 28.9 Å². The van der Waals surface area contributed by atoms with Crippen LogP contribution >= 0.6 is 0 Å². The van der Waals surface area contributed by atoms with Crippen LogP contribution in [0.2, 0.25) is 0 Å². The van der Waals surface area contributed by atoms with E-state index in [1.165, 1.54) is 0 Å². The van der Waals surface area contributed by atoms with Gasteiger partial charge in [0, 0.05) is 39.0 Å². The van der Waals surface area contributed by atoms with Crippen molar-refractivity contribution in [3.63, 3.8) is 0 Å². The number of halogens is 3. The molecule has 1 aliphatic carbocycles. The molecule has 2 amide bonds. The molecule has 4 heterocycles. The number of benzene rings is 1. The largest absolute Gasteiger partial charge is 0.451 e. The van der Waals surface area contributed by atoms with Crippen molar-refractivity contribution in [2.75, 3.05) is 19.6 Å². The van der Waals surface area contributed by atoms with Crippen molar-refractivity contribution in [2.24, 2.45) is 5.41 Å². The second-order valence-electron chi connectivity index (χ2n) is 11.1. The van der Waals surface area contributed by atoms with E-state index < -0.39 is 17.4 Å². The summed E-state index contributed by atoms with van der Waals surface area (Å²) in [4.78, 5) is 30.2. The van der Waals surface area contributed by atoms with Crippen molar-refractivity contribution >= 4 is 22.8 Å². The summed E-state index contributed by atoms with van der Waals surface area (Å²) < 4.78 is 42.5. The first-order valence-electron chi connectivity index (χ1n) is 13.6. The van der Waals surface area contributed by atoms with Crippen molar-refractivity contribution in [1.82, 2.24) is 39.6 Å². The molecule has 3 aromatic rings. The lowest BCUT2D eigenvalue weighted by atomic mass is 9.78. The van der Waals surface area contributed by atoms with Crippen LogP contribution < -0.4 is 0 Å². The van der Waals surface area contributed by atoms with Crippen LogP contribution in [0.1, 0.15) is 69.1 Å². The summed E-state index contributed by atoms with van der Waals surface area (Å²) in [6.07, 6.45) is 1.07. The molecule has 6 rings (SSSR count). The van der Waals surface area contributed by atoms with Gasteiger partial charge in [-0.3, -0.25) is 9.59 Å². The summed E-state index contributed by atoms with van der Waals surface area (Å²) >= 11 is 0. The number of aromatic nitrogens is 6. The molecule has 0 radical (unpaired) electrons. The van der Waals surface area contributed by atoms with Crippen LogP contribution in [0.5, 0.6) is 0 Å². The number of fused-ring (bicyclic) bond motifs is 2. The van der Waals surface area contributed by atoms with Gasteiger partial charge in [0.2, 0.25) is 17.6 Å². The number of carbonyl (C=O) groups excluding carboxylic acids is 2. The molecule has 0 bridgehead atoms. The quantitative estimate of drug-likeness (QED) is 0.487. The molecule has 39 heavy (non-hydrogen) atoms. The third-order valence-corrected chi connectivity index (χ3v) is 8.62. The smallest absolute Gasteiger partial charge is 0.343 e. The Kier molecular flexibility index (Phi) is 6.54. The number of hydrogen-bond donors (Lipinski definition) is 0. The Morgan fingerprint density at radius 2 is 1.59 bits per heavy atom. The zero-order chi connectivity index (χ0) is 27.2. The second kappa shape index (κ2) is 9.91. The first kappa shape index (κ1) is 25.8. The third-order valence-electron chi connectivity index (χ3n) is 8.62. The van der Waals surface area contributed by atoms with E-state index in [0.717, 1.165) is 54.1 Å². The maximum Gasteiger partial charge on any atom is 0.451 e. The highest BCUT2D eigenvalue weighted by atomic mass is 19.4. The zero-order valence-electron chi connectivity index (χ0n) is 21.6. The van der Waals surface area contributed by atoms with Crippen LogP contribution in [-0.4, -0.2) is 71.0 Å². The average Bonchev–Trinajstić information content (AvgIpc) is 3.66. The molecule has 0 unspecified atom stereocenters. The highest BCUT2D eigenvalue weighted by molar-refractivity contribution is 5.81. The molecule has 1 saturated heterocycles. The monoisotopic (exact) mass is 544 g/mol. The Labute approximate surface area is 223 Å². The van der Waals surface area contributed by atoms with Gasteiger partial charge in [-0.25, -0.2) is 4.68 Å². The molecular formula is C26H31F3N8O2. The summed E-state index contributed by atoms with van der Waals surface area (Å²) in [6, 6.07) is 8.04. The van der Waals surface area contributed by atoms with Gasteiger partial charge in [-0.15, -0.1) is 15.3 Å². The van der Waals surface area contributed by atoms with E-state index >= 15 is 0 Å². The Hall–Kier alpha value is -3.51. The van der Waals surface area contributed by atoms with E-state index in [9.17, 15) is 22.8 Å². The third kappa shape index (κ3) is 4.98. The van der Waals surface area contributed by atoms with Crippen molar-refractivity contribution in [1.29, 1.82) is 0 Å². The number of amides is 2. The number of nitrogens with zero attached hydrogens (tertiary/aromatic N) is 8. The van der Waals surface area contributed by atoms with Gasteiger partial charge in [-0.2, -0.15) is 13.2 Å². The predicted molar refractivity (Wildman–Crippen MR) is 133 cm³/mol. The number of carbonyl (C=O) groups is 2. The summed E-state index contributed by atoms with van der Waals surface area (Å²) in [5.74, 6) is -0.950. The number of para-hydroxylation sites is 1. The van der Waals surface area contributed by atoms with E-state index in [2.05, 4.69) is 20.5 Å². The van der Waals surface area contributed by atoms with Gasteiger partial charge in [0.15, 0.2) is 5.82 Å². The topological polar surface area (TPSA) is 102 Å². The highest BCUT2D eigenvalue weighted by Crippen LogP contribution is 2.45. The molecule has 2 aromatic heterocycles. The predicted octanol–water partition coefficient (Wildman–Crippen LogP) is 3.59. The van der Waals surface area contributed by atoms with Crippen molar-refractivity contribution in [3.05, 3.63) is 35.9 Å². The number of piperidine rings is 1. The van der Waals surface area contributed by atoms with Gasteiger partial charge < -0.3 is 14.4 Å². The molecule has 0 spiro atoms. The summed E-state index contributed by atoms with van der Waals surface area (Å²) in [5.41, 5.74) is 1.45. The fraction of sp³-hybridized carbons (Fsp3) is 0.615. The molecule has 3 aliphatic rings. The fourth-order valence-corrected chi connectivity index (χ4v) is 6.50. The molecule has 208 valence electrons. The maximum atomic E-state index is 13.4. The summed E-state index contributed by atoms with van der Waals surface area (Å²) in [6.45, 7) is 1.43. The Balaban J connectivity index is 1.07. The number of rotatable bonds is 5. The van der Waals surface area contributed by atoms with E-state index in [0.29, 0.717) is 19.5 Å². The van der Waals surface area contributed by atoms with Gasteiger partial charge in [-0.05, 0) is 43.2 Å². The molecule has 0 atom stereocenters. The van der Waals surface area contributed by atoms with E-state index in [-0.39, 0.29) is 49.7 Å². The summed E-state index contributed by atoms with van der Waals surface area (Å²) in [5, 5.41) is 15.6. The molecule has 2 fully saturated rings. The van der Waals surface area contributed by atoms with Gasteiger partial charge in [0.05, 0.1) is 18.1 Å². The molecule has 13 heteroatoms. The molecular weight excluding hydrogens is 513 g/mol. The standard InChI is InChI=1S/C26H31F3N8O2/c27-26(28,29)24-32-31-21-17-35(13-14-36(21)24)23(39)16-25(9-3-4-10-25)15-22(38)34-11-7-18(8-12-34)37-20-6-2-1-5-19(20)30-33-37/h1-2,5-6,18H,3-4,7-17H2. The minimum absolute atomic E-state index is 0.00355. The minimum Gasteiger partial charge on any atom is -0.343 e. The zero-order valence-corrected chi connectivity index (χ0v) is 21.6. The number of alkyl halides is 3. The molecule has 2 aliphatic heterocycles. The molecule has 1 saturated carbocycles. The molecule has 0 N–H and O–H groups in total. The lowest BCUT2D eigenvalue weighted by Crippen LogP contribution is -2.44. The van der Waals surface area contributed by atoms with E-state index in [1.54, 1.807) is 4.90 Å². The second-order valence-corrected chi connectivity index (χ2v) is 11.1. The first-order chi connectivity index (χ1) is 18.7. The average molecular weight is 545 g/mol. The van der Waals surface area contributed by atoms with Gasteiger partial charge >= 0.3 is 6.18 Å².